The van der Waals surface area contributed by atoms with E-state index in [1.807, 2.05) is 12.1 Å². The van der Waals surface area contributed by atoms with Gasteiger partial charge in [0.2, 0.25) is 0 Å². The van der Waals surface area contributed by atoms with Crippen molar-refractivity contribution in [1.29, 1.82) is 0 Å². The predicted molar refractivity (Wildman–Crippen MR) is 84.1 cm³/mol. The molecule has 0 saturated carbocycles. The number of anilines is 1. The number of alkyl halides is 1. The van der Waals surface area contributed by atoms with Gasteiger partial charge < -0.3 is 4.90 Å². The number of benzene rings is 1. The number of piperazine rings is 1. The number of piperidine rings is 1. The number of fused-ring (bicyclic) bond motifs is 1. The largest absolute Gasteiger partial charge is 0.363 e. The summed E-state index contributed by atoms with van der Waals surface area (Å²) in [7, 11) is 0. The summed E-state index contributed by atoms with van der Waals surface area (Å²) in [5, 5.41) is 11.3. The van der Waals surface area contributed by atoms with E-state index in [0.29, 0.717) is 11.9 Å². The molecule has 0 radical (unpaired) electrons. The highest BCUT2D eigenvalue weighted by Crippen LogP contribution is 2.32. The zero-order chi connectivity index (χ0) is 14.8. The number of halogens is 1. The molecule has 0 aromatic heterocycles. The number of nitro benzene ring substituents is 1. The Hall–Kier alpha value is -1.33. The molecule has 6 heteroatoms. The van der Waals surface area contributed by atoms with Crippen LogP contribution in [0.15, 0.2) is 18.2 Å². The average Bonchev–Trinajstić information content (AvgIpc) is 2.53. The number of nitro groups is 1. The van der Waals surface area contributed by atoms with Crippen LogP contribution in [0.3, 0.4) is 0 Å². The van der Waals surface area contributed by atoms with E-state index < -0.39 is 0 Å². The van der Waals surface area contributed by atoms with E-state index in [0.717, 1.165) is 30.9 Å². The summed E-state index contributed by atoms with van der Waals surface area (Å²) in [5.41, 5.74) is 1.71. The number of hydrogen-bond donors (Lipinski definition) is 0. The Bertz CT molecular complexity index is 538. The van der Waals surface area contributed by atoms with Crippen LogP contribution in [0.1, 0.15) is 24.8 Å². The van der Waals surface area contributed by atoms with Crippen LogP contribution in [0.4, 0.5) is 11.4 Å². The van der Waals surface area contributed by atoms with Crippen molar-refractivity contribution < 1.29 is 4.92 Å². The molecule has 5 nitrogen and oxygen atoms in total. The molecule has 21 heavy (non-hydrogen) atoms. The van der Waals surface area contributed by atoms with Gasteiger partial charge in [-0.2, -0.15) is 0 Å². The lowest BCUT2D eigenvalue weighted by Gasteiger charge is -2.44. The first-order valence-corrected chi connectivity index (χ1v) is 8.05. The first kappa shape index (κ1) is 14.6. The average molecular weight is 310 g/mol. The molecule has 0 bridgehead atoms. The summed E-state index contributed by atoms with van der Waals surface area (Å²) in [5.74, 6) is 0.303. The minimum Gasteiger partial charge on any atom is -0.363 e. The molecule has 1 atom stereocenters. The van der Waals surface area contributed by atoms with Crippen molar-refractivity contribution in [1.82, 2.24) is 4.90 Å². The molecule has 2 heterocycles. The zero-order valence-electron chi connectivity index (χ0n) is 12.0. The van der Waals surface area contributed by atoms with E-state index in [4.69, 9.17) is 11.6 Å². The standard InChI is InChI=1S/C15H20ClN3O2/c16-10-12-4-5-14(15(9-12)19(20)21)18-8-7-17-6-2-1-3-13(17)11-18/h4-5,9,13H,1-3,6-8,10-11H2. The summed E-state index contributed by atoms with van der Waals surface area (Å²) in [6.45, 7) is 3.92. The molecule has 1 unspecified atom stereocenters. The molecule has 114 valence electrons. The SMILES string of the molecule is O=[N+]([O-])c1cc(CCl)ccc1N1CCN2CCCCC2C1. The van der Waals surface area contributed by atoms with Crippen LogP contribution in [-0.2, 0) is 5.88 Å². The Morgan fingerprint density at radius 2 is 2.14 bits per heavy atom. The predicted octanol–water partition coefficient (Wildman–Crippen LogP) is 3.01. The van der Waals surface area contributed by atoms with Crippen molar-refractivity contribution in [3.63, 3.8) is 0 Å². The first-order chi connectivity index (χ1) is 10.2. The third kappa shape index (κ3) is 2.99. The van der Waals surface area contributed by atoms with Crippen molar-refractivity contribution in [2.75, 3.05) is 31.1 Å². The van der Waals surface area contributed by atoms with Crippen LogP contribution in [0.25, 0.3) is 0 Å². The van der Waals surface area contributed by atoms with Crippen LogP contribution in [0.2, 0.25) is 0 Å². The zero-order valence-corrected chi connectivity index (χ0v) is 12.8. The summed E-state index contributed by atoms with van der Waals surface area (Å²) in [6.07, 6.45) is 3.74. The van der Waals surface area contributed by atoms with E-state index in [1.165, 1.54) is 25.8 Å². The maximum Gasteiger partial charge on any atom is 0.292 e. The van der Waals surface area contributed by atoms with Crippen molar-refractivity contribution in [2.45, 2.75) is 31.2 Å². The summed E-state index contributed by atoms with van der Waals surface area (Å²) >= 11 is 5.79. The molecule has 0 spiro atoms. The van der Waals surface area contributed by atoms with E-state index in [2.05, 4.69) is 9.80 Å². The normalized spacial score (nSPS) is 22.9. The van der Waals surface area contributed by atoms with Crippen molar-refractivity contribution >= 4 is 23.0 Å². The molecule has 0 N–H and O–H groups in total. The van der Waals surface area contributed by atoms with E-state index >= 15 is 0 Å². The minimum absolute atomic E-state index is 0.178. The molecule has 2 aliphatic heterocycles. The fraction of sp³-hybridized carbons (Fsp3) is 0.600. The fourth-order valence-corrected chi connectivity index (χ4v) is 3.61. The van der Waals surface area contributed by atoms with Crippen LogP contribution >= 0.6 is 11.6 Å². The van der Waals surface area contributed by atoms with Gasteiger partial charge in [-0.25, -0.2) is 0 Å². The molecule has 2 saturated heterocycles. The quantitative estimate of drug-likeness (QED) is 0.489. The summed E-state index contributed by atoms with van der Waals surface area (Å²) in [4.78, 5) is 15.7. The molecular formula is C15H20ClN3O2. The van der Waals surface area contributed by atoms with Crippen LogP contribution in [0.5, 0.6) is 0 Å². The molecule has 0 amide bonds. The van der Waals surface area contributed by atoms with Gasteiger partial charge in [-0.15, -0.1) is 11.6 Å². The van der Waals surface area contributed by atoms with Gasteiger partial charge in [0.15, 0.2) is 0 Å². The topological polar surface area (TPSA) is 49.6 Å². The maximum absolute atomic E-state index is 11.3. The van der Waals surface area contributed by atoms with Gasteiger partial charge in [-0.3, -0.25) is 15.0 Å². The second-order valence-corrected chi connectivity index (χ2v) is 6.11. The Morgan fingerprint density at radius 3 is 2.90 bits per heavy atom. The van der Waals surface area contributed by atoms with Gasteiger partial charge in [-0.1, -0.05) is 12.5 Å². The van der Waals surface area contributed by atoms with Gasteiger partial charge in [0.05, 0.1) is 4.92 Å². The van der Waals surface area contributed by atoms with E-state index in [-0.39, 0.29) is 10.6 Å². The minimum atomic E-state index is -0.293. The lowest BCUT2D eigenvalue weighted by atomic mass is 9.99. The monoisotopic (exact) mass is 309 g/mol. The Kier molecular flexibility index (Phi) is 4.31. The smallest absolute Gasteiger partial charge is 0.292 e. The van der Waals surface area contributed by atoms with Crippen molar-refractivity contribution in [3.05, 3.63) is 33.9 Å². The Morgan fingerprint density at radius 1 is 1.29 bits per heavy atom. The highest BCUT2D eigenvalue weighted by Gasteiger charge is 2.31. The van der Waals surface area contributed by atoms with E-state index in [1.54, 1.807) is 6.07 Å². The molecule has 2 fully saturated rings. The van der Waals surface area contributed by atoms with Crippen LogP contribution in [0, 0.1) is 10.1 Å². The lowest BCUT2D eigenvalue weighted by Crippen LogP contribution is -2.55. The lowest BCUT2D eigenvalue weighted by molar-refractivity contribution is -0.384. The van der Waals surface area contributed by atoms with Gasteiger partial charge in [-0.05, 0) is 31.0 Å². The van der Waals surface area contributed by atoms with Crippen LogP contribution in [-0.4, -0.2) is 42.0 Å². The van der Waals surface area contributed by atoms with E-state index in [9.17, 15) is 10.1 Å². The Labute approximate surface area is 129 Å². The van der Waals surface area contributed by atoms with Gasteiger partial charge in [0.1, 0.15) is 5.69 Å². The maximum atomic E-state index is 11.3. The van der Waals surface area contributed by atoms with Crippen LogP contribution < -0.4 is 4.90 Å². The summed E-state index contributed by atoms with van der Waals surface area (Å²) < 4.78 is 0. The number of hydrogen-bond acceptors (Lipinski definition) is 4. The molecule has 3 rings (SSSR count). The molecule has 2 aliphatic rings. The molecular weight excluding hydrogens is 290 g/mol. The molecule has 0 aliphatic carbocycles. The summed E-state index contributed by atoms with van der Waals surface area (Å²) in [6, 6.07) is 5.90. The van der Waals surface area contributed by atoms with Gasteiger partial charge >= 0.3 is 0 Å². The third-order valence-electron chi connectivity index (χ3n) is 4.57. The van der Waals surface area contributed by atoms with Crippen molar-refractivity contribution in [2.24, 2.45) is 0 Å². The van der Waals surface area contributed by atoms with Gasteiger partial charge in [0.25, 0.3) is 5.69 Å². The Balaban J connectivity index is 1.84. The number of nitrogens with zero attached hydrogens (tertiary/aromatic N) is 3. The fourth-order valence-electron chi connectivity index (χ4n) is 3.44. The highest BCUT2D eigenvalue weighted by molar-refractivity contribution is 6.17. The molecule has 1 aromatic carbocycles. The third-order valence-corrected chi connectivity index (χ3v) is 4.88. The highest BCUT2D eigenvalue weighted by atomic mass is 35.5. The second kappa shape index (κ2) is 6.20. The molecule has 1 aromatic rings. The van der Waals surface area contributed by atoms with Crippen molar-refractivity contribution in [3.8, 4) is 0 Å². The number of rotatable bonds is 3. The first-order valence-electron chi connectivity index (χ1n) is 7.51. The second-order valence-electron chi connectivity index (χ2n) is 5.85. The van der Waals surface area contributed by atoms with Gasteiger partial charge in [0, 0.05) is 37.6 Å².